The molecule has 1 amide bonds. The fourth-order valence-electron chi connectivity index (χ4n) is 3.27. The molecule has 0 aliphatic heterocycles. The Morgan fingerprint density at radius 1 is 1.06 bits per heavy atom. The third-order valence-electron chi connectivity index (χ3n) is 4.93. The average molecular weight is 462 g/mol. The van der Waals surface area contributed by atoms with E-state index in [1.54, 1.807) is 31.4 Å². The Labute approximate surface area is 195 Å². The van der Waals surface area contributed by atoms with E-state index in [0.29, 0.717) is 22.1 Å². The number of rotatable bonds is 8. The van der Waals surface area contributed by atoms with Crippen molar-refractivity contribution in [2.45, 2.75) is 6.10 Å². The van der Waals surface area contributed by atoms with Crippen LogP contribution in [0.2, 0.25) is 0 Å². The monoisotopic (exact) mass is 461 g/mol. The number of fused-ring (bicyclic) bond motifs is 1. The van der Waals surface area contributed by atoms with Gasteiger partial charge in [-0.2, -0.15) is 0 Å². The van der Waals surface area contributed by atoms with Crippen molar-refractivity contribution in [3.63, 3.8) is 0 Å². The normalized spacial score (nSPS) is 11.5. The van der Waals surface area contributed by atoms with Crippen LogP contribution in [0.4, 0.5) is 10.5 Å². The summed E-state index contributed by atoms with van der Waals surface area (Å²) >= 11 is 1.43. The molecule has 0 aliphatic rings. The number of hydrogen-bond donors (Lipinski definition) is 3. The second kappa shape index (κ2) is 10.1. The molecule has 0 fully saturated rings. The molecule has 33 heavy (non-hydrogen) atoms. The minimum Gasteiger partial charge on any atom is -0.497 e. The molecule has 8 heteroatoms. The molecule has 0 radical (unpaired) electrons. The van der Waals surface area contributed by atoms with Gasteiger partial charge in [0, 0.05) is 15.8 Å². The standard InChI is InChI=1S/C25H23N3O4S/c1-30-18-12-10-17(11-13-18)28-25(29)31-15-21(16-6-3-2-4-7-16)32-20-8-5-9-22-19(20)14-23(33-22)24(26)27/h2-14,21H,15H2,1H3,(H3,26,27)(H,28,29)/t21-/m1/s1. The van der Waals surface area contributed by atoms with E-state index in [1.165, 1.54) is 11.3 Å². The number of benzene rings is 3. The van der Waals surface area contributed by atoms with Crippen molar-refractivity contribution in [3.05, 3.63) is 89.3 Å². The van der Waals surface area contributed by atoms with Crippen LogP contribution in [0.15, 0.2) is 78.9 Å². The molecule has 0 saturated carbocycles. The number of amidine groups is 1. The van der Waals surface area contributed by atoms with Crippen molar-refractivity contribution < 1.29 is 19.0 Å². The minimum absolute atomic E-state index is 0.00604. The maximum atomic E-state index is 12.4. The first-order valence-electron chi connectivity index (χ1n) is 10.2. The van der Waals surface area contributed by atoms with Crippen LogP contribution in [0.5, 0.6) is 11.5 Å². The smallest absolute Gasteiger partial charge is 0.411 e. The highest BCUT2D eigenvalue weighted by Gasteiger charge is 2.19. The Bertz CT molecular complexity index is 1260. The summed E-state index contributed by atoms with van der Waals surface area (Å²) in [7, 11) is 1.58. The van der Waals surface area contributed by atoms with E-state index < -0.39 is 12.2 Å². The molecule has 3 aromatic carbocycles. The first-order valence-corrected chi connectivity index (χ1v) is 11.0. The summed E-state index contributed by atoms with van der Waals surface area (Å²) in [4.78, 5) is 13.1. The van der Waals surface area contributed by atoms with Crippen LogP contribution < -0.4 is 20.5 Å². The first-order chi connectivity index (χ1) is 16.0. The topological polar surface area (TPSA) is 107 Å². The highest BCUT2D eigenvalue weighted by Crippen LogP contribution is 2.35. The zero-order valence-corrected chi connectivity index (χ0v) is 18.7. The quantitative estimate of drug-likeness (QED) is 0.235. The zero-order chi connectivity index (χ0) is 23.2. The van der Waals surface area contributed by atoms with Gasteiger partial charge in [0.25, 0.3) is 0 Å². The van der Waals surface area contributed by atoms with E-state index >= 15 is 0 Å². The summed E-state index contributed by atoms with van der Waals surface area (Å²) in [5, 5.41) is 11.3. The van der Waals surface area contributed by atoms with E-state index in [4.69, 9.17) is 25.4 Å². The van der Waals surface area contributed by atoms with Crippen LogP contribution in [-0.4, -0.2) is 25.6 Å². The summed E-state index contributed by atoms with van der Waals surface area (Å²) < 4.78 is 17.9. The van der Waals surface area contributed by atoms with Gasteiger partial charge in [0.1, 0.15) is 23.9 Å². The fraction of sp³-hybridized carbons (Fsp3) is 0.120. The number of hydrogen-bond acceptors (Lipinski definition) is 6. The lowest BCUT2D eigenvalue weighted by Crippen LogP contribution is -2.21. The molecular weight excluding hydrogens is 438 g/mol. The molecule has 1 aromatic heterocycles. The maximum Gasteiger partial charge on any atom is 0.411 e. The molecule has 4 rings (SSSR count). The maximum absolute atomic E-state index is 12.4. The summed E-state index contributed by atoms with van der Waals surface area (Å²) in [5.74, 6) is 1.34. The summed E-state index contributed by atoms with van der Waals surface area (Å²) in [6.07, 6.45) is -1.11. The average Bonchev–Trinajstić information content (AvgIpc) is 3.28. The minimum atomic E-state index is -0.586. The number of nitrogen functional groups attached to an aromatic ring is 1. The number of nitrogens with two attached hydrogens (primary N) is 1. The van der Waals surface area contributed by atoms with Gasteiger partial charge in [-0.3, -0.25) is 10.7 Å². The van der Waals surface area contributed by atoms with E-state index in [9.17, 15) is 4.79 Å². The van der Waals surface area contributed by atoms with Crippen LogP contribution in [0.1, 0.15) is 16.5 Å². The zero-order valence-electron chi connectivity index (χ0n) is 17.9. The Kier molecular flexibility index (Phi) is 6.75. The summed E-state index contributed by atoms with van der Waals surface area (Å²) in [5.41, 5.74) is 7.13. The Morgan fingerprint density at radius 2 is 1.82 bits per heavy atom. The highest BCUT2D eigenvalue weighted by atomic mass is 32.1. The molecule has 0 aliphatic carbocycles. The largest absolute Gasteiger partial charge is 0.497 e. The lowest BCUT2D eigenvalue weighted by Gasteiger charge is -2.20. The van der Waals surface area contributed by atoms with Gasteiger partial charge < -0.3 is 19.9 Å². The molecular formula is C25H23N3O4S. The van der Waals surface area contributed by atoms with Gasteiger partial charge >= 0.3 is 6.09 Å². The molecule has 4 N–H and O–H groups in total. The first kappa shape index (κ1) is 22.2. The van der Waals surface area contributed by atoms with Crippen molar-refractivity contribution in [3.8, 4) is 11.5 Å². The van der Waals surface area contributed by atoms with E-state index in [2.05, 4.69) is 5.32 Å². The molecule has 1 heterocycles. The van der Waals surface area contributed by atoms with Crippen LogP contribution in [0.25, 0.3) is 10.1 Å². The summed E-state index contributed by atoms with van der Waals surface area (Å²) in [6.45, 7) is 0.00604. The van der Waals surface area contributed by atoms with Crippen molar-refractivity contribution in [2.75, 3.05) is 19.0 Å². The van der Waals surface area contributed by atoms with Crippen molar-refractivity contribution in [2.24, 2.45) is 5.73 Å². The van der Waals surface area contributed by atoms with Gasteiger partial charge in [0.15, 0.2) is 6.10 Å². The number of amides is 1. The van der Waals surface area contributed by atoms with Gasteiger partial charge in [0.05, 0.1) is 12.0 Å². The lowest BCUT2D eigenvalue weighted by molar-refractivity contribution is 0.0910. The highest BCUT2D eigenvalue weighted by molar-refractivity contribution is 7.20. The molecule has 0 spiro atoms. The number of anilines is 1. The number of carbonyl (C=O) groups excluding carboxylic acids is 1. The Balaban J connectivity index is 1.51. The van der Waals surface area contributed by atoms with Crippen molar-refractivity contribution in [1.82, 2.24) is 0 Å². The second-order valence-electron chi connectivity index (χ2n) is 7.16. The van der Waals surface area contributed by atoms with Gasteiger partial charge in [-0.15, -0.1) is 11.3 Å². The number of nitrogens with one attached hydrogen (secondary N) is 2. The number of carbonyl (C=O) groups is 1. The molecule has 7 nitrogen and oxygen atoms in total. The predicted molar refractivity (Wildman–Crippen MR) is 131 cm³/mol. The van der Waals surface area contributed by atoms with E-state index in [1.807, 2.05) is 54.6 Å². The van der Waals surface area contributed by atoms with E-state index in [0.717, 1.165) is 15.6 Å². The molecule has 0 bridgehead atoms. The van der Waals surface area contributed by atoms with Gasteiger partial charge in [-0.25, -0.2) is 4.79 Å². The third kappa shape index (κ3) is 5.42. The SMILES string of the molecule is COc1ccc(NC(=O)OC[C@@H](Oc2cccc3sc(C(=N)N)cc23)c2ccccc2)cc1. The Morgan fingerprint density at radius 3 is 2.52 bits per heavy atom. The number of methoxy groups -OCH3 is 1. The number of ether oxygens (including phenoxy) is 3. The fourth-order valence-corrected chi connectivity index (χ4v) is 4.21. The van der Waals surface area contributed by atoms with Gasteiger partial charge in [-0.1, -0.05) is 36.4 Å². The Hall–Kier alpha value is -4.04. The second-order valence-corrected chi connectivity index (χ2v) is 8.25. The van der Waals surface area contributed by atoms with Crippen molar-refractivity contribution in [1.29, 1.82) is 5.41 Å². The molecule has 168 valence electrons. The van der Waals surface area contributed by atoms with E-state index in [-0.39, 0.29) is 12.4 Å². The van der Waals surface area contributed by atoms with Gasteiger partial charge in [0.2, 0.25) is 0 Å². The lowest BCUT2D eigenvalue weighted by atomic mass is 10.1. The van der Waals surface area contributed by atoms with Crippen LogP contribution in [0.3, 0.4) is 0 Å². The third-order valence-corrected chi connectivity index (χ3v) is 6.06. The van der Waals surface area contributed by atoms with Crippen molar-refractivity contribution >= 4 is 39.0 Å². The molecule has 0 unspecified atom stereocenters. The number of thiophene rings is 1. The predicted octanol–water partition coefficient (Wildman–Crippen LogP) is 5.56. The molecule has 4 aromatic rings. The van der Waals surface area contributed by atoms with Crippen LogP contribution in [0, 0.1) is 5.41 Å². The molecule has 0 saturated heterocycles. The van der Waals surface area contributed by atoms with Crippen LogP contribution in [-0.2, 0) is 4.74 Å². The molecule has 1 atom stereocenters. The van der Waals surface area contributed by atoms with Crippen LogP contribution >= 0.6 is 11.3 Å². The van der Waals surface area contributed by atoms with Gasteiger partial charge in [-0.05, 0) is 48.0 Å². The summed E-state index contributed by atoms with van der Waals surface area (Å²) in [6, 6.07) is 24.1.